The third-order valence-electron chi connectivity index (χ3n) is 4.71. The van der Waals surface area contributed by atoms with Crippen molar-refractivity contribution < 1.29 is 18.9 Å². The molecule has 8 heteroatoms. The van der Waals surface area contributed by atoms with Gasteiger partial charge in [-0.1, -0.05) is 30.3 Å². The summed E-state index contributed by atoms with van der Waals surface area (Å²) in [6, 6.07) is 26.0. The second kappa shape index (κ2) is 10.1. The highest BCUT2D eigenvalue weighted by atomic mass is 16.6. The number of carbonyl (C=O) groups is 1. The number of nitro benzene ring substituents is 1. The highest BCUT2D eigenvalue weighted by Gasteiger charge is 2.08. The number of furan rings is 1. The lowest BCUT2D eigenvalue weighted by Gasteiger charge is -2.07. The van der Waals surface area contributed by atoms with Crippen LogP contribution in [0.3, 0.4) is 0 Å². The molecule has 0 aliphatic rings. The molecule has 4 rings (SSSR count). The first-order valence-corrected chi connectivity index (χ1v) is 10.0. The molecule has 0 saturated heterocycles. The van der Waals surface area contributed by atoms with E-state index in [2.05, 4.69) is 10.5 Å². The van der Waals surface area contributed by atoms with Crippen LogP contribution in [0.2, 0.25) is 0 Å². The Balaban J connectivity index is 1.30. The molecule has 0 unspecified atom stereocenters. The molecule has 0 aliphatic carbocycles. The number of rotatable bonds is 8. The van der Waals surface area contributed by atoms with Gasteiger partial charge in [-0.05, 0) is 54.1 Å². The van der Waals surface area contributed by atoms with Crippen LogP contribution in [0.4, 0.5) is 5.69 Å². The number of hydrogen-bond donors (Lipinski definition) is 1. The van der Waals surface area contributed by atoms with Crippen LogP contribution in [-0.2, 0) is 6.61 Å². The van der Waals surface area contributed by atoms with Crippen molar-refractivity contribution in [1.82, 2.24) is 5.43 Å². The lowest BCUT2D eigenvalue weighted by atomic mass is 10.1. The number of non-ortho nitro benzene ring substituents is 1. The van der Waals surface area contributed by atoms with Crippen molar-refractivity contribution in [3.8, 4) is 17.1 Å². The molecule has 0 saturated carbocycles. The minimum Gasteiger partial charge on any atom is -0.489 e. The molecule has 0 fully saturated rings. The third kappa shape index (κ3) is 5.71. The fraction of sp³-hybridized carbons (Fsp3) is 0.0400. The van der Waals surface area contributed by atoms with Crippen LogP contribution in [0.15, 0.2) is 101 Å². The predicted molar refractivity (Wildman–Crippen MR) is 123 cm³/mol. The number of carbonyl (C=O) groups excluding carboxylic acids is 1. The Hall–Kier alpha value is -4.72. The van der Waals surface area contributed by atoms with Crippen molar-refractivity contribution in [2.45, 2.75) is 6.61 Å². The largest absolute Gasteiger partial charge is 0.489 e. The summed E-state index contributed by atoms with van der Waals surface area (Å²) < 4.78 is 11.4. The van der Waals surface area contributed by atoms with Crippen molar-refractivity contribution in [3.05, 3.63) is 118 Å². The Labute approximate surface area is 189 Å². The molecule has 4 aromatic rings. The van der Waals surface area contributed by atoms with Crippen LogP contribution >= 0.6 is 0 Å². The van der Waals surface area contributed by atoms with Crippen LogP contribution < -0.4 is 10.2 Å². The van der Waals surface area contributed by atoms with E-state index in [1.807, 2.05) is 30.3 Å². The molecule has 33 heavy (non-hydrogen) atoms. The number of nitrogens with one attached hydrogen (secondary N) is 1. The van der Waals surface area contributed by atoms with E-state index in [4.69, 9.17) is 9.15 Å². The van der Waals surface area contributed by atoms with Crippen molar-refractivity contribution in [1.29, 1.82) is 0 Å². The standard InChI is InChI=1S/C25H19N3O5/c29-25(20-8-12-22(13-9-20)32-17-18-4-2-1-3-5-18)27-26-16-23-14-15-24(33-23)19-6-10-21(11-7-19)28(30)31/h1-16H,17H2,(H,27,29). The van der Waals surface area contributed by atoms with Gasteiger partial charge in [0.1, 0.15) is 23.9 Å². The molecule has 1 heterocycles. The van der Waals surface area contributed by atoms with Crippen LogP contribution in [0.5, 0.6) is 5.75 Å². The van der Waals surface area contributed by atoms with Crippen LogP contribution in [-0.4, -0.2) is 17.0 Å². The van der Waals surface area contributed by atoms with Gasteiger partial charge in [-0.15, -0.1) is 0 Å². The molecule has 0 atom stereocenters. The zero-order valence-electron chi connectivity index (χ0n) is 17.4. The summed E-state index contributed by atoms with van der Waals surface area (Å²) in [4.78, 5) is 22.6. The second-order valence-corrected chi connectivity index (χ2v) is 7.00. The van der Waals surface area contributed by atoms with E-state index in [1.165, 1.54) is 18.3 Å². The highest BCUT2D eigenvalue weighted by molar-refractivity contribution is 5.94. The maximum Gasteiger partial charge on any atom is 0.271 e. The lowest BCUT2D eigenvalue weighted by Crippen LogP contribution is -2.17. The first-order chi connectivity index (χ1) is 16.1. The van der Waals surface area contributed by atoms with Crippen LogP contribution in [0, 0.1) is 10.1 Å². The Morgan fingerprint density at radius 1 is 0.970 bits per heavy atom. The number of nitro groups is 1. The fourth-order valence-corrected chi connectivity index (χ4v) is 2.99. The molecule has 164 valence electrons. The summed E-state index contributed by atoms with van der Waals surface area (Å²) >= 11 is 0. The zero-order chi connectivity index (χ0) is 23.0. The topological polar surface area (TPSA) is 107 Å². The van der Waals surface area contributed by atoms with E-state index < -0.39 is 4.92 Å². The summed E-state index contributed by atoms with van der Waals surface area (Å²) in [6.45, 7) is 0.446. The summed E-state index contributed by atoms with van der Waals surface area (Å²) in [7, 11) is 0. The van der Waals surface area contributed by atoms with Gasteiger partial charge in [-0.25, -0.2) is 5.43 Å². The summed E-state index contributed by atoms with van der Waals surface area (Å²) in [5.74, 6) is 1.24. The first-order valence-electron chi connectivity index (χ1n) is 10.0. The summed E-state index contributed by atoms with van der Waals surface area (Å²) in [5, 5.41) is 14.7. The SMILES string of the molecule is O=C(NN=Cc1ccc(-c2ccc([N+](=O)[O-])cc2)o1)c1ccc(OCc2ccccc2)cc1. The number of amides is 1. The monoisotopic (exact) mass is 441 g/mol. The number of hydrazone groups is 1. The van der Waals surface area contributed by atoms with Gasteiger partial charge >= 0.3 is 0 Å². The minimum atomic E-state index is -0.460. The molecule has 1 N–H and O–H groups in total. The first kappa shape index (κ1) is 21.5. The molecule has 0 radical (unpaired) electrons. The van der Waals surface area contributed by atoms with Crippen LogP contribution in [0.25, 0.3) is 11.3 Å². The van der Waals surface area contributed by atoms with E-state index in [1.54, 1.807) is 48.5 Å². The maximum atomic E-state index is 12.3. The number of nitrogens with zero attached hydrogens (tertiary/aromatic N) is 2. The quantitative estimate of drug-likeness (QED) is 0.230. The van der Waals surface area contributed by atoms with Gasteiger partial charge in [0.05, 0.1) is 11.1 Å². The van der Waals surface area contributed by atoms with E-state index in [-0.39, 0.29) is 11.6 Å². The number of hydrogen-bond acceptors (Lipinski definition) is 6. The maximum absolute atomic E-state index is 12.3. The van der Waals surface area contributed by atoms with Gasteiger partial charge in [0.2, 0.25) is 0 Å². The average Bonchev–Trinajstić information content (AvgIpc) is 3.32. The van der Waals surface area contributed by atoms with Gasteiger partial charge in [0.15, 0.2) is 0 Å². The molecule has 0 spiro atoms. The molecule has 1 amide bonds. The molecule has 0 bridgehead atoms. The van der Waals surface area contributed by atoms with E-state index in [0.29, 0.717) is 35.0 Å². The summed E-state index contributed by atoms with van der Waals surface area (Å²) in [5.41, 5.74) is 4.64. The molecular formula is C25H19N3O5. The van der Waals surface area contributed by atoms with Gasteiger partial charge in [0, 0.05) is 23.3 Å². The van der Waals surface area contributed by atoms with E-state index >= 15 is 0 Å². The fourth-order valence-electron chi connectivity index (χ4n) is 2.99. The number of ether oxygens (including phenoxy) is 1. The average molecular weight is 441 g/mol. The van der Waals surface area contributed by atoms with Crippen molar-refractivity contribution in [2.75, 3.05) is 0 Å². The van der Waals surface area contributed by atoms with Gasteiger partial charge in [-0.3, -0.25) is 14.9 Å². The van der Waals surface area contributed by atoms with E-state index in [0.717, 1.165) is 5.56 Å². The Bertz CT molecular complexity index is 1260. The number of benzene rings is 3. The van der Waals surface area contributed by atoms with Gasteiger partial charge in [0.25, 0.3) is 11.6 Å². The lowest BCUT2D eigenvalue weighted by molar-refractivity contribution is -0.384. The van der Waals surface area contributed by atoms with Crippen molar-refractivity contribution in [3.63, 3.8) is 0 Å². The Morgan fingerprint density at radius 2 is 1.70 bits per heavy atom. The molecule has 1 aromatic heterocycles. The van der Waals surface area contributed by atoms with Crippen LogP contribution in [0.1, 0.15) is 21.7 Å². The van der Waals surface area contributed by atoms with Crippen molar-refractivity contribution >= 4 is 17.8 Å². The highest BCUT2D eigenvalue weighted by Crippen LogP contribution is 2.24. The predicted octanol–water partition coefficient (Wildman–Crippen LogP) is 5.20. The minimum absolute atomic E-state index is 0.00518. The van der Waals surface area contributed by atoms with Gasteiger partial charge < -0.3 is 9.15 Å². The zero-order valence-corrected chi connectivity index (χ0v) is 17.4. The van der Waals surface area contributed by atoms with Crippen molar-refractivity contribution in [2.24, 2.45) is 5.10 Å². The Kier molecular flexibility index (Phi) is 6.56. The van der Waals surface area contributed by atoms with Gasteiger partial charge in [-0.2, -0.15) is 5.10 Å². The molecule has 3 aromatic carbocycles. The molecule has 8 nitrogen and oxygen atoms in total. The second-order valence-electron chi connectivity index (χ2n) is 7.00. The van der Waals surface area contributed by atoms with E-state index in [9.17, 15) is 14.9 Å². The summed E-state index contributed by atoms with van der Waals surface area (Å²) in [6.07, 6.45) is 1.38. The molecular weight excluding hydrogens is 422 g/mol. The smallest absolute Gasteiger partial charge is 0.271 e. The normalized spacial score (nSPS) is 10.8. The molecule has 0 aliphatic heterocycles. The Morgan fingerprint density at radius 3 is 2.39 bits per heavy atom. The third-order valence-corrected chi connectivity index (χ3v) is 4.71.